The minimum Gasteiger partial charge on any atom is -0.343 e. The monoisotopic (exact) mass is 296 g/mol. The van der Waals surface area contributed by atoms with E-state index in [1.807, 2.05) is 0 Å². The van der Waals surface area contributed by atoms with Crippen molar-refractivity contribution in [1.82, 2.24) is 20.4 Å². The fourth-order valence-electron chi connectivity index (χ4n) is 1.20. The summed E-state index contributed by atoms with van der Waals surface area (Å²) in [6, 6.07) is 5.12. The number of pyridine rings is 1. The highest BCUT2D eigenvalue weighted by Crippen LogP contribution is 2.06. The largest absolute Gasteiger partial charge is 0.343 e. The van der Waals surface area contributed by atoms with E-state index in [2.05, 4.69) is 36.4 Å². The van der Waals surface area contributed by atoms with Crippen LogP contribution in [-0.4, -0.2) is 21.0 Å². The number of carbonyl (C=O) groups excluding carboxylic acids is 1. The minimum absolute atomic E-state index is 0.213. The normalized spacial score (nSPS) is 10.2. The molecule has 2 aromatic rings. The first-order chi connectivity index (χ1) is 8.15. The first-order valence-corrected chi connectivity index (χ1v) is 5.64. The van der Waals surface area contributed by atoms with Gasteiger partial charge in [-0.3, -0.25) is 4.79 Å². The average Bonchev–Trinajstić information content (AvgIpc) is 2.72. The van der Waals surface area contributed by atoms with E-state index in [0.29, 0.717) is 22.0 Å². The van der Waals surface area contributed by atoms with E-state index in [4.69, 9.17) is 4.52 Å². The fraction of sp³-hybridized carbons (Fsp3) is 0.200. The number of hydrogen-bond donors (Lipinski definition) is 1. The highest BCUT2D eigenvalue weighted by atomic mass is 79.9. The van der Waals surface area contributed by atoms with Gasteiger partial charge >= 0.3 is 0 Å². The second-order valence-corrected chi connectivity index (χ2v) is 4.07. The van der Waals surface area contributed by atoms with Crippen LogP contribution in [0.15, 0.2) is 27.3 Å². The second kappa shape index (κ2) is 5.05. The molecule has 0 bridgehead atoms. The third-order valence-corrected chi connectivity index (χ3v) is 2.37. The van der Waals surface area contributed by atoms with Gasteiger partial charge in [-0.25, -0.2) is 4.98 Å². The summed E-state index contributed by atoms with van der Waals surface area (Å²) < 4.78 is 5.40. The van der Waals surface area contributed by atoms with Gasteiger partial charge in [0.2, 0.25) is 5.89 Å². The van der Waals surface area contributed by atoms with E-state index in [9.17, 15) is 4.79 Å². The van der Waals surface area contributed by atoms with E-state index in [1.54, 1.807) is 25.1 Å². The number of carbonyl (C=O) groups is 1. The highest BCUT2D eigenvalue weighted by molar-refractivity contribution is 9.10. The molecule has 2 aromatic heterocycles. The zero-order valence-corrected chi connectivity index (χ0v) is 10.6. The second-order valence-electron chi connectivity index (χ2n) is 3.26. The van der Waals surface area contributed by atoms with Crippen LogP contribution in [0.25, 0.3) is 0 Å². The van der Waals surface area contributed by atoms with Crippen molar-refractivity contribution in [2.75, 3.05) is 0 Å². The predicted molar refractivity (Wildman–Crippen MR) is 62.1 cm³/mol. The molecule has 0 spiro atoms. The summed E-state index contributed by atoms with van der Waals surface area (Å²) in [7, 11) is 0. The number of aromatic nitrogens is 3. The molecule has 0 aliphatic heterocycles. The van der Waals surface area contributed by atoms with Crippen LogP contribution < -0.4 is 5.32 Å². The Bertz CT molecular complexity index is 541. The molecule has 7 heteroatoms. The van der Waals surface area contributed by atoms with Crippen molar-refractivity contribution in [3.63, 3.8) is 0 Å². The molecule has 2 heterocycles. The quantitative estimate of drug-likeness (QED) is 0.868. The molecule has 0 unspecified atom stereocenters. The summed E-state index contributed by atoms with van der Waals surface area (Å²) in [4.78, 5) is 19.7. The van der Waals surface area contributed by atoms with Crippen molar-refractivity contribution in [1.29, 1.82) is 0 Å². The number of amides is 1. The van der Waals surface area contributed by atoms with E-state index in [1.165, 1.54) is 0 Å². The maximum absolute atomic E-state index is 11.7. The SMILES string of the molecule is Cc1nc(CNC(=O)c2cccc(Br)n2)no1. The van der Waals surface area contributed by atoms with Crippen molar-refractivity contribution in [3.8, 4) is 0 Å². The summed E-state index contributed by atoms with van der Waals surface area (Å²) in [5.41, 5.74) is 0.333. The average molecular weight is 297 g/mol. The molecule has 0 aromatic carbocycles. The van der Waals surface area contributed by atoms with Gasteiger partial charge in [0.25, 0.3) is 5.91 Å². The van der Waals surface area contributed by atoms with Crippen molar-refractivity contribution in [2.45, 2.75) is 13.5 Å². The zero-order valence-electron chi connectivity index (χ0n) is 8.98. The van der Waals surface area contributed by atoms with Gasteiger partial charge in [-0.05, 0) is 28.1 Å². The Labute approximate surface area is 106 Å². The number of nitrogens with zero attached hydrogens (tertiary/aromatic N) is 3. The van der Waals surface area contributed by atoms with Crippen LogP contribution in [0.4, 0.5) is 0 Å². The van der Waals surface area contributed by atoms with E-state index >= 15 is 0 Å². The fourth-order valence-corrected chi connectivity index (χ4v) is 1.54. The standard InChI is InChI=1S/C10H9BrN4O2/c1-6-13-9(15-17-6)5-12-10(16)7-3-2-4-8(11)14-7/h2-4H,5H2,1H3,(H,12,16). The lowest BCUT2D eigenvalue weighted by molar-refractivity contribution is 0.0944. The van der Waals surface area contributed by atoms with Crippen LogP contribution >= 0.6 is 15.9 Å². The van der Waals surface area contributed by atoms with Gasteiger partial charge in [-0.1, -0.05) is 11.2 Å². The van der Waals surface area contributed by atoms with Crippen molar-refractivity contribution < 1.29 is 9.32 Å². The molecular weight excluding hydrogens is 288 g/mol. The lowest BCUT2D eigenvalue weighted by Gasteiger charge is -2.01. The van der Waals surface area contributed by atoms with E-state index in [0.717, 1.165) is 0 Å². The highest BCUT2D eigenvalue weighted by Gasteiger charge is 2.09. The third kappa shape index (κ3) is 3.10. The topological polar surface area (TPSA) is 80.9 Å². The Morgan fingerprint density at radius 1 is 1.47 bits per heavy atom. The van der Waals surface area contributed by atoms with Gasteiger partial charge in [0.15, 0.2) is 5.82 Å². The summed E-state index contributed by atoms with van der Waals surface area (Å²) >= 11 is 3.20. The molecule has 2 rings (SSSR count). The molecule has 88 valence electrons. The summed E-state index contributed by atoms with van der Waals surface area (Å²) in [5, 5.41) is 6.32. The molecule has 0 fully saturated rings. The molecule has 17 heavy (non-hydrogen) atoms. The first-order valence-electron chi connectivity index (χ1n) is 4.85. The van der Waals surface area contributed by atoms with Gasteiger partial charge in [0, 0.05) is 6.92 Å². The van der Waals surface area contributed by atoms with Gasteiger partial charge < -0.3 is 9.84 Å². The van der Waals surface area contributed by atoms with Crippen LogP contribution in [0, 0.1) is 6.92 Å². The van der Waals surface area contributed by atoms with Crippen LogP contribution in [0.3, 0.4) is 0 Å². The summed E-state index contributed by atoms with van der Waals surface area (Å²) in [5.74, 6) is 0.620. The van der Waals surface area contributed by atoms with E-state index < -0.39 is 0 Å². The number of halogens is 1. The maximum atomic E-state index is 11.7. The van der Waals surface area contributed by atoms with Gasteiger partial charge in [-0.15, -0.1) is 0 Å². The molecule has 6 nitrogen and oxygen atoms in total. The lowest BCUT2D eigenvalue weighted by atomic mass is 10.3. The third-order valence-electron chi connectivity index (χ3n) is 1.92. The van der Waals surface area contributed by atoms with Crippen LogP contribution in [0.1, 0.15) is 22.2 Å². The predicted octanol–water partition coefficient (Wildman–Crippen LogP) is 1.47. The molecule has 0 aliphatic carbocycles. The number of hydrogen-bond acceptors (Lipinski definition) is 5. The summed E-state index contributed by atoms with van der Waals surface area (Å²) in [6.07, 6.45) is 0. The number of nitrogens with one attached hydrogen (secondary N) is 1. The molecule has 0 saturated heterocycles. The first kappa shape index (κ1) is 11.7. The molecule has 1 N–H and O–H groups in total. The number of aryl methyl sites for hydroxylation is 1. The Balaban J connectivity index is 1.98. The van der Waals surface area contributed by atoms with Crippen molar-refractivity contribution in [2.24, 2.45) is 0 Å². The molecular formula is C10H9BrN4O2. The molecule has 0 radical (unpaired) electrons. The Morgan fingerprint density at radius 3 is 2.94 bits per heavy atom. The van der Waals surface area contributed by atoms with Crippen LogP contribution in [0.2, 0.25) is 0 Å². The van der Waals surface area contributed by atoms with Gasteiger partial charge in [0.05, 0.1) is 6.54 Å². The Kier molecular flexibility index (Phi) is 3.48. The zero-order chi connectivity index (χ0) is 12.3. The molecule has 0 atom stereocenters. The molecule has 0 aliphatic rings. The Morgan fingerprint density at radius 2 is 2.29 bits per heavy atom. The lowest BCUT2D eigenvalue weighted by Crippen LogP contribution is -2.24. The maximum Gasteiger partial charge on any atom is 0.270 e. The minimum atomic E-state index is -0.284. The molecule has 1 amide bonds. The molecule has 0 saturated carbocycles. The Hall–Kier alpha value is -1.76. The van der Waals surface area contributed by atoms with Crippen molar-refractivity contribution >= 4 is 21.8 Å². The van der Waals surface area contributed by atoms with Gasteiger partial charge in [0.1, 0.15) is 10.3 Å². The van der Waals surface area contributed by atoms with Gasteiger partial charge in [-0.2, -0.15) is 4.98 Å². The summed E-state index contributed by atoms with van der Waals surface area (Å²) in [6.45, 7) is 1.90. The van der Waals surface area contributed by atoms with Crippen LogP contribution in [0.5, 0.6) is 0 Å². The van der Waals surface area contributed by atoms with Crippen molar-refractivity contribution in [3.05, 3.63) is 40.2 Å². The van der Waals surface area contributed by atoms with E-state index in [-0.39, 0.29) is 12.5 Å². The van der Waals surface area contributed by atoms with Crippen LogP contribution in [-0.2, 0) is 6.54 Å². The number of rotatable bonds is 3. The smallest absolute Gasteiger partial charge is 0.270 e.